The molecule has 0 saturated carbocycles. The van der Waals surface area contributed by atoms with Crippen molar-refractivity contribution < 1.29 is 4.79 Å². The van der Waals surface area contributed by atoms with Gasteiger partial charge in [-0.2, -0.15) is 0 Å². The van der Waals surface area contributed by atoms with Crippen molar-refractivity contribution in [2.75, 3.05) is 27.2 Å². The topological polar surface area (TPSA) is 32.3 Å². The highest BCUT2D eigenvalue weighted by Crippen LogP contribution is 2.10. The molecule has 0 aliphatic rings. The van der Waals surface area contributed by atoms with Crippen molar-refractivity contribution in [3.8, 4) is 0 Å². The molecule has 0 bridgehead atoms. The molecule has 0 radical (unpaired) electrons. The van der Waals surface area contributed by atoms with Gasteiger partial charge in [0.2, 0.25) is 0 Å². The highest BCUT2D eigenvalue weighted by Gasteiger charge is 2.11. The van der Waals surface area contributed by atoms with Crippen molar-refractivity contribution in [2.45, 2.75) is 13.8 Å². The Morgan fingerprint density at radius 3 is 2.24 bits per heavy atom. The Labute approximate surface area is 110 Å². The number of likely N-dealkylation sites (N-methyl/N-ethyl adjacent to an activating group) is 2. The van der Waals surface area contributed by atoms with Gasteiger partial charge in [0.05, 0.1) is 0 Å². The van der Waals surface area contributed by atoms with Crippen molar-refractivity contribution in [3.63, 3.8) is 0 Å². The summed E-state index contributed by atoms with van der Waals surface area (Å²) in [5, 5.41) is 3.03. The van der Waals surface area contributed by atoms with E-state index in [1.807, 2.05) is 40.1 Å². The number of halogens is 1. The molecule has 0 aliphatic heterocycles. The molecule has 1 aromatic rings. The molecular formula is C13H21ClN2O. The highest BCUT2D eigenvalue weighted by molar-refractivity contribution is 5.94. The van der Waals surface area contributed by atoms with E-state index in [2.05, 4.69) is 11.4 Å². The number of amides is 1. The Morgan fingerprint density at radius 2 is 1.76 bits per heavy atom. The van der Waals surface area contributed by atoms with Gasteiger partial charge in [0.15, 0.2) is 0 Å². The first-order chi connectivity index (χ1) is 7.54. The fourth-order valence-corrected chi connectivity index (χ4v) is 1.70. The maximum absolute atomic E-state index is 12.1. The molecule has 0 aromatic heterocycles. The number of carbonyl (C=O) groups excluding carboxylic acids is 1. The van der Waals surface area contributed by atoms with Crippen LogP contribution < -0.4 is 5.32 Å². The third kappa shape index (κ3) is 4.75. The van der Waals surface area contributed by atoms with E-state index in [1.54, 1.807) is 4.90 Å². The number of hydrogen-bond acceptors (Lipinski definition) is 2. The summed E-state index contributed by atoms with van der Waals surface area (Å²) in [6, 6.07) is 5.95. The van der Waals surface area contributed by atoms with Crippen LogP contribution in [0.2, 0.25) is 0 Å². The summed E-state index contributed by atoms with van der Waals surface area (Å²) < 4.78 is 0. The fourth-order valence-electron chi connectivity index (χ4n) is 1.70. The molecule has 96 valence electrons. The van der Waals surface area contributed by atoms with E-state index in [-0.39, 0.29) is 18.3 Å². The normalized spacial score (nSPS) is 9.65. The molecule has 17 heavy (non-hydrogen) atoms. The van der Waals surface area contributed by atoms with Gasteiger partial charge in [-0.1, -0.05) is 17.2 Å². The van der Waals surface area contributed by atoms with Crippen molar-refractivity contribution in [3.05, 3.63) is 34.9 Å². The molecule has 1 aromatic carbocycles. The lowest BCUT2D eigenvalue weighted by molar-refractivity contribution is 0.0796. The van der Waals surface area contributed by atoms with Crippen LogP contribution in [0, 0.1) is 13.8 Å². The molecule has 4 heteroatoms. The van der Waals surface area contributed by atoms with E-state index in [0.717, 1.165) is 29.8 Å². The zero-order valence-corrected chi connectivity index (χ0v) is 11.7. The van der Waals surface area contributed by atoms with Crippen molar-refractivity contribution in [2.24, 2.45) is 0 Å². The van der Waals surface area contributed by atoms with E-state index in [1.165, 1.54) is 0 Å². The monoisotopic (exact) mass is 256 g/mol. The van der Waals surface area contributed by atoms with Crippen LogP contribution in [0.15, 0.2) is 18.2 Å². The van der Waals surface area contributed by atoms with Crippen LogP contribution in [0.25, 0.3) is 0 Å². The van der Waals surface area contributed by atoms with Gasteiger partial charge < -0.3 is 10.2 Å². The molecule has 0 heterocycles. The summed E-state index contributed by atoms with van der Waals surface area (Å²) >= 11 is 0. The van der Waals surface area contributed by atoms with Gasteiger partial charge >= 0.3 is 0 Å². The van der Waals surface area contributed by atoms with Gasteiger partial charge in [-0.25, -0.2) is 0 Å². The van der Waals surface area contributed by atoms with E-state index in [4.69, 9.17) is 0 Å². The first-order valence-electron chi connectivity index (χ1n) is 5.53. The average Bonchev–Trinajstić information content (AvgIpc) is 2.23. The van der Waals surface area contributed by atoms with Gasteiger partial charge in [0.25, 0.3) is 5.91 Å². The van der Waals surface area contributed by atoms with E-state index in [0.29, 0.717) is 0 Å². The number of rotatable bonds is 4. The first kappa shape index (κ1) is 15.9. The Bertz CT molecular complexity index is 359. The molecule has 1 N–H and O–H groups in total. The molecule has 0 saturated heterocycles. The second-order valence-corrected chi connectivity index (χ2v) is 4.21. The largest absolute Gasteiger partial charge is 0.340 e. The van der Waals surface area contributed by atoms with Gasteiger partial charge in [-0.15, -0.1) is 12.4 Å². The fraction of sp³-hybridized carbons (Fsp3) is 0.462. The molecule has 0 fully saturated rings. The van der Waals surface area contributed by atoms with Crippen LogP contribution in [0.3, 0.4) is 0 Å². The average molecular weight is 257 g/mol. The summed E-state index contributed by atoms with van der Waals surface area (Å²) in [5.41, 5.74) is 3.03. The Hall–Kier alpha value is -1.06. The molecule has 0 unspecified atom stereocenters. The predicted octanol–water partition coefficient (Wildman–Crippen LogP) is 2.02. The van der Waals surface area contributed by atoms with E-state index >= 15 is 0 Å². The minimum absolute atomic E-state index is 0. The zero-order chi connectivity index (χ0) is 12.1. The number of benzene rings is 1. The lowest BCUT2D eigenvalue weighted by atomic mass is 10.1. The van der Waals surface area contributed by atoms with E-state index in [9.17, 15) is 4.79 Å². The van der Waals surface area contributed by atoms with Crippen molar-refractivity contribution in [1.29, 1.82) is 0 Å². The molecule has 0 spiro atoms. The minimum atomic E-state index is 0. The lowest BCUT2D eigenvalue weighted by Gasteiger charge is -2.17. The SMILES string of the molecule is CNCCN(C)C(=O)c1cc(C)cc(C)c1.Cl. The Kier molecular flexibility index (Phi) is 6.85. The van der Waals surface area contributed by atoms with Crippen LogP contribution in [-0.2, 0) is 0 Å². The second kappa shape index (κ2) is 7.30. The lowest BCUT2D eigenvalue weighted by Crippen LogP contribution is -2.32. The highest BCUT2D eigenvalue weighted by atomic mass is 35.5. The van der Waals surface area contributed by atoms with Crippen molar-refractivity contribution in [1.82, 2.24) is 10.2 Å². The number of nitrogens with one attached hydrogen (secondary N) is 1. The van der Waals surface area contributed by atoms with Crippen LogP contribution >= 0.6 is 12.4 Å². The molecule has 0 aliphatic carbocycles. The van der Waals surface area contributed by atoms with Crippen LogP contribution in [0.1, 0.15) is 21.5 Å². The maximum Gasteiger partial charge on any atom is 0.253 e. The zero-order valence-electron chi connectivity index (χ0n) is 10.9. The Balaban J connectivity index is 0.00000256. The van der Waals surface area contributed by atoms with Gasteiger partial charge in [0, 0.05) is 25.7 Å². The molecular weight excluding hydrogens is 236 g/mol. The van der Waals surface area contributed by atoms with Crippen LogP contribution in [-0.4, -0.2) is 38.0 Å². The van der Waals surface area contributed by atoms with Crippen LogP contribution in [0.4, 0.5) is 0 Å². The van der Waals surface area contributed by atoms with Gasteiger partial charge in [-0.05, 0) is 33.0 Å². The Morgan fingerprint density at radius 1 is 1.24 bits per heavy atom. The predicted molar refractivity (Wildman–Crippen MR) is 74.1 cm³/mol. The summed E-state index contributed by atoms with van der Waals surface area (Å²) in [4.78, 5) is 13.8. The summed E-state index contributed by atoms with van der Waals surface area (Å²) in [6.45, 7) is 5.56. The van der Waals surface area contributed by atoms with Gasteiger partial charge in [0.1, 0.15) is 0 Å². The number of hydrogen-bond donors (Lipinski definition) is 1. The number of carbonyl (C=O) groups is 1. The summed E-state index contributed by atoms with van der Waals surface area (Å²) in [5.74, 6) is 0.0852. The molecule has 0 atom stereocenters. The van der Waals surface area contributed by atoms with E-state index < -0.39 is 0 Å². The third-order valence-electron chi connectivity index (χ3n) is 2.51. The maximum atomic E-state index is 12.1. The summed E-state index contributed by atoms with van der Waals surface area (Å²) in [7, 11) is 3.71. The summed E-state index contributed by atoms with van der Waals surface area (Å²) in [6.07, 6.45) is 0. The second-order valence-electron chi connectivity index (χ2n) is 4.21. The standard InChI is InChI=1S/C13H20N2O.ClH/c1-10-7-11(2)9-12(8-10)13(16)15(4)6-5-14-3;/h7-9,14H,5-6H2,1-4H3;1H. The molecule has 1 amide bonds. The van der Waals surface area contributed by atoms with Crippen molar-refractivity contribution >= 4 is 18.3 Å². The van der Waals surface area contributed by atoms with Gasteiger partial charge in [-0.3, -0.25) is 4.79 Å². The smallest absolute Gasteiger partial charge is 0.253 e. The number of aryl methyl sites for hydroxylation is 2. The molecule has 1 rings (SSSR count). The number of nitrogens with zero attached hydrogens (tertiary/aromatic N) is 1. The molecule has 3 nitrogen and oxygen atoms in total. The first-order valence-corrected chi connectivity index (χ1v) is 5.53. The van der Waals surface area contributed by atoms with Crippen LogP contribution in [0.5, 0.6) is 0 Å². The third-order valence-corrected chi connectivity index (χ3v) is 2.51. The quantitative estimate of drug-likeness (QED) is 0.894. The minimum Gasteiger partial charge on any atom is -0.340 e.